The second kappa shape index (κ2) is 6.52. The van der Waals surface area contributed by atoms with Gasteiger partial charge in [-0.25, -0.2) is 8.42 Å². The Balaban J connectivity index is 2.52. The van der Waals surface area contributed by atoms with Crippen LogP contribution in [0.4, 0.5) is 0 Å². The minimum atomic E-state index is -2.84. The Morgan fingerprint density at radius 1 is 1.38 bits per heavy atom. The summed E-state index contributed by atoms with van der Waals surface area (Å²) in [5.41, 5.74) is 0. The van der Waals surface area contributed by atoms with Crippen molar-refractivity contribution in [3.63, 3.8) is 0 Å². The highest BCUT2D eigenvalue weighted by molar-refractivity contribution is 8.07. The topological polar surface area (TPSA) is 46.2 Å². The maximum Gasteiger partial charge on any atom is 0.147 e. The maximum absolute atomic E-state index is 11.2. The van der Waals surface area contributed by atoms with Crippen LogP contribution in [0.1, 0.15) is 13.3 Å². The van der Waals surface area contributed by atoms with Gasteiger partial charge in [0.25, 0.3) is 0 Å². The van der Waals surface area contributed by atoms with Crippen molar-refractivity contribution in [3.05, 3.63) is 0 Å². The van der Waals surface area contributed by atoms with Gasteiger partial charge in [-0.15, -0.1) is 0 Å². The standard InChI is InChI=1S/C10H21NO2S3/c1-8-10(15-6-5-14-8)9(11-2)4-7-16(3,12)13/h8-11H,4-7H2,1-3H3. The summed E-state index contributed by atoms with van der Waals surface area (Å²) in [6, 6.07) is 0.308. The summed E-state index contributed by atoms with van der Waals surface area (Å²) >= 11 is 3.97. The summed E-state index contributed by atoms with van der Waals surface area (Å²) < 4.78 is 22.4. The molecule has 0 aromatic carbocycles. The minimum absolute atomic E-state index is 0.285. The lowest BCUT2D eigenvalue weighted by molar-refractivity contribution is 0.514. The SMILES string of the molecule is CNC(CCS(C)(=O)=O)C1SCCSC1C. The molecule has 3 atom stereocenters. The summed E-state index contributed by atoms with van der Waals surface area (Å²) in [4.78, 5) is 0. The van der Waals surface area contributed by atoms with E-state index in [4.69, 9.17) is 0 Å². The third kappa shape index (κ3) is 4.85. The molecule has 1 fully saturated rings. The van der Waals surface area contributed by atoms with E-state index in [9.17, 15) is 8.42 Å². The molecule has 1 aliphatic rings. The molecule has 1 aliphatic heterocycles. The van der Waals surface area contributed by atoms with Crippen LogP contribution in [0.2, 0.25) is 0 Å². The molecule has 96 valence electrons. The monoisotopic (exact) mass is 283 g/mol. The average Bonchev–Trinajstić information content (AvgIpc) is 2.20. The number of thioether (sulfide) groups is 2. The normalized spacial score (nSPS) is 28.9. The van der Waals surface area contributed by atoms with Crippen LogP contribution < -0.4 is 5.32 Å². The van der Waals surface area contributed by atoms with Crippen molar-refractivity contribution >= 4 is 33.4 Å². The highest BCUT2D eigenvalue weighted by atomic mass is 32.2. The van der Waals surface area contributed by atoms with Crippen molar-refractivity contribution in [2.75, 3.05) is 30.6 Å². The highest BCUT2D eigenvalue weighted by Gasteiger charge is 2.29. The molecular weight excluding hydrogens is 262 g/mol. The Labute approximate surface area is 107 Å². The summed E-state index contributed by atoms with van der Waals surface area (Å²) in [5.74, 6) is 2.68. The third-order valence-electron chi connectivity index (χ3n) is 2.80. The zero-order valence-corrected chi connectivity index (χ0v) is 12.6. The van der Waals surface area contributed by atoms with E-state index in [1.807, 2.05) is 30.6 Å². The van der Waals surface area contributed by atoms with Gasteiger partial charge in [-0.1, -0.05) is 6.92 Å². The van der Waals surface area contributed by atoms with E-state index >= 15 is 0 Å². The fourth-order valence-electron chi connectivity index (χ4n) is 1.91. The molecule has 1 rings (SSSR count). The first-order valence-corrected chi connectivity index (χ1v) is 9.68. The van der Waals surface area contributed by atoms with Crippen molar-refractivity contribution in [1.82, 2.24) is 5.32 Å². The van der Waals surface area contributed by atoms with Crippen molar-refractivity contribution in [2.45, 2.75) is 29.9 Å². The Morgan fingerprint density at radius 2 is 2.00 bits per heavy atom. The van der Waals surface area contributed by atoms with Crippen LogP contribution in [0.25, 0.3) is 0 Å². The highest BCUT2D eigenvalue weighted by Crippen LogP contribution is 2.33. The molecule has 0 saturated carbocycles. The zero-order valence-electron chi connectivity index (χ0n) is 10.1. The van der Waals surface area contributed by atoms with Gasteiger partial charge in [0.2, 0.25) is 0 Å². The fourth-order valence-corrected chi connectivity index (χ4v) is 5.63. The molecular formula is C10H21NO2S3. The molecule has 1 heterocycles. The Hall–Kier alpha value is 0.610. The molecule has 0 radical (unpaired) electrons. The van der Waals surface area contributed by atoms with E-state index in [-0.39, 0.29) is 5.75 Å². The van der Waals surface area contributed by atoms with Gasteiger partial charge in [-0.2, -0.15) is 23.5 Å². The Kier molecular flexibility index (Phi) is 5.98. The first-order valence-electron chi connectivity index (χ1n) is 5.52. The molecule has 0 amide bonds. The number of sulfone groups is 1. The molecule has 6 heteroatoms. The van der Waals surface area contributed by atoms with Gasteiger partial charge >= 0.3 is 0 Å². The van der Waals surface area contributed by atoms with Gasteiger partial charge in [0, 0.05) is 34.3 Å². The van der Waals surface area contributed by atoms with Crippen molar-refractivity contribution in [3.8, 4) is 0 Å². The second-order valence-electron chi connectivity index (χ2n) is 4.23. The first kappa shape index (κ1) is 14.7. The van der Waals surface area contributed by atoms with Crippen LogP contribution in [-0.4, -0.2) is 55.5 Å². The van der Waals surface area contributed by atoms with Crippen molar-refractivity contribution in [1.29, 1.82) is 0 Å². The number of hydrogen-bond acceptors (Lipinski definition) is 5. The molecule has 0 aromatic rings. The lowest BCUT2D eigenvalue weighted by atomic mass is 10.1. The van der Waals surface area contributed by atoms with E-state index in [2.05, 4.69) is 12.2 Å². The molecule has 16 heavy (non-hydrogen) atoms. The zero-order chi connectivity index (χ0) is 12.2. The van der Waals surface area contributed by atoms with Crippen LogP contribution in [0.15, 0.2) is 0 Å². The van der Waals surface area contributed by atoms with Gasteiger partial charge < -0.3 is 5.32 Å². The van der Waals surface area contributed by atoms with Gasteiger partial charge in [0.1, 0.15) is 9.84 Å². The van der Waals surface area contributed by atoms with Gasteiger partial charge in [0.15, 0.2) is 0 Å². The maximum atomic E-state index is 11.2. The van der Waals surface area contributed by atoms with E-state index in [0.717, 1.165) is 6.42 Å². The van der Waals surface area contributed by atoms with E-state index in [1.54, 1.807) is 0 Å². The lowest BCUT2D eigenvalue weighted by Crippen LogP contribution is -2.43. The van der Waals surface area contributed by atoms with Crippen LogP contribution >= 0.6 is 23.5 Å². The molecule has 3 nitrogen and oxygen atoms in total. The van der Waals surface area contributed by atoms with Gasteiger partial charge in [-0.05, 0) is 13.5 Å². The number of rotatable bonds is 5. The summed E-state index contributed by atoms with van der Waals surface area (Å²) in [5, 5.41) is 4.42. The quantitative estimate of drug-likeness (QED) is 0.823. The first-order chi connectivity index (χ1) is 7.44. The summed E-state index contributed by atoms with van der Waals surface area (Å²) in [6.07, 6.45) is 2.03. The molecule has 0 aromatic heterocycles. The average molecular weight is 283 g/mol. The summed E-state index contributed by atoms with van der Waals surface area (Å²) in [7, 11) is -0.911. The Bertz CT molecular complexity index is 305. The number of hydrogen-bond donors (Lipinski definition) is 1. The molecule has 1 N–H and O–H groups in total. The predicted molar refractivity (Wildman–Crippen MR) is 75.3 cm³/mol. The van der Waals surface area contributed by atoms with Gasteiger partial charge in [-0.3, -0.25) is 0 Å². The van der Waals surface area contributed by atoms with E-state index in [0.29, 0.717) is 16.5 Å². The molecule has 1 saturated heterocycles. The smallest absolute Gasteiger partial charge is 0.147 e. The van der Waals surface area contributed by atoms with E-state index < -0.39 is 9.84 Å². The van der Waals surface area contributed by atoms with Crippen LogP contribution in [0.3, 0.4) is 0 Å². The second-order valence-corrected chi connectivity index (χ2v) is 9.26. The molecule has 3 unspecified atom stereocenters. The molecule has 0 aliphatic carbocycles. The van der Waals surface area contributed by atoms with Crippen LogP contribution in [0.5, 0.6) is 0 Å². The van der Waals surface area contributed by atoms with Crippen LogP contribution in [0, 0.1) is 0 Å². The van der Waals surface area contributed by atoms with E-state index in [1.165, 1.54) is 17.8 Å². The fraction of sp³-hybridized carbons (Fsp3) is 1.00. The molecule has 0 bridgehead atoms. The van der Waals surface area contributed by atoms with Crippen molar-refractivity contribution in [2.24, 2.45) is 0 Å². The lowest BCUT2D eigenvalue weighted by Gasteiger charge is -2.34. The van der Waals surface area contributed by atoms with Crippen LogP contribution in [-0.2, 0) is 9.84 Å². The number of nitrogens with one attached hydrogen (secondary N) is 1. The predicted octanol–water partition coefficient (Wildman–Crippen LogP) is 1.25. The third-order valence-corrected chi connectivity index (χ3v) is 7.03. The van der Waals surface area contributed by atoms with Gasteiger partial charge in [0.05, 0.1) is 5.75 Å². The largest absolute Gasteiger partial charge is 0.316 e. The summed E-state index contributed by atoms with van der Waals surface area (Å²) in [6.45, 7) is 2.24. The minimum Gasteiger partial charge on any atom is -0.316 e. The molecule has 0 spiro atoms. The Morgan fingerprint density at radius 3 is 2.50 bits per heavy atom. The van der Waals surface area contributed by atoms with Crippen molar-refractivity contribution < 1.29 is 8.42 Å².